The van der Waals surface area contributed by atoms with Crippen LogP contribution in [-0.2, 0) is 0 Å². The number of hydrogen-bond acceptors (Lipinski definition) is 3. The van der Waals surface area contributed by atoms with E-state index < -0.39 is 0 Å². The molecular formula is C6H18EuO3. The Bertz CT molecular complexity index is 17.7. The minimum absolute atomic E-state index is 0. The van der Waals surface area contributed by atoms with Gasteiger partial charge in [0.2, 0.25) is 0 Å². The van der Waals surface area contributed by atoms with Crippen LogP contribution in [0, 0.1) is 49.4 Å². The number of hydrogen-bond donors (Lipinski definition) is 3. The fourth-order valence-electron chi connectivity index (χ4n) is 0. The fourth-order valence-corrected chi connectivity index (χ4v) is 0. The molecule has 67 valence electrons. The smallest absolute Gasteiger partial charge is 0.0402 e. The van der Waals surface area contributed by atoms with E-state index >= 15 is 0 Å². The van der Waals surface area contributed by atoms with Crippen molar-refractivity contribution in [2.24, 2.45) is 0 Å². The molecule has 4 heteroatoms. The van der Waals surface area contributed by atoms with Gasteiger partial charge in [-0.15, -0.1) is 0 Å². The summed E-state index contributed by atoms with van der Waals surface area (Å²) >= 11 is 0. The summed E-state index contributed by atoms with van der Waals surface area (Å²) < 4.78 is 0. The van der Waals surface area contributed by atoms with Crippen LogP contribution in [0.15, 0.2) is 0 Å². The van der Waals surface area contributed by atoms with Gasteiger partial charge in [-0.3, -0.25) is 0 Å². The van der Waals surface area contributed by atoms with E-state index in [-0.39, 0.29) is 69.2 Å². The van der Waals surface area contributed by atoms with Gasteiger partial charge in [0.05, 0.1) is 0 Å². The first kappa shape index (κ1) is 22.5. The number of aliphatic hydroxyl groups is 3. The number of rotatable bonds is 0. The molecular weight excluding hydrogens is 272 g/mol. The third kappa shape index (κ3) is 316. The molecule has 0 saturated heterocycles. The molecule has 0 heterocycles. The molecule has 0 unspecified atom stereocenters. The van der Waals surface area contributed by atoms with Gasteiger partial charge in [-0.2, -0.15) is 0 Å². The molecule has 0 spiro atoms. The molecule has 0 bridgehead atoms. The van der Waals surface area contributed by atoms with Gasteiger partial charge in [-0.25, -0.2) is 0 Å². The summed E-state index contributed by atoms with van der Waals surface area (Å²) in [7, 11) is 0. The monoisotopic (exact) mass is 291 g/mol. The van der Waals surface area contributed by atoms with Gasteiger partial charge < -0.3 is 15.3 Å². The second-order valence-electron chi connectivity index (χ2n) is 0.949. The Morgan fingerprint density at radius 2 is 0.700 bits per heavy atom. The Kier molecular flexibility index (Phi) is 106. The van der Waals surface area contributed by atoms with Crippen molar-refractivity contribution in [3.8, 4) is 0 Å². The quantitative estimate of drug-likeness (QED) is 0.588. The molecule has 0 atom stereocenters. The Labute approximate surface area is 104 Å². The second kappa shape index (κ2) is 47.0. The van der Waals surface area contributed by atoms with E-state index in [1.54, 1.807) is 20.8 Å². The molecule has 3 nitrogen and oxygen atoms in total. The SMILES string of the molecule is CCO.CCO.CCO.[Eu]. The summed E-state index contributed by atoms with van der Waals surface area (Å²) in [4.78, 5) is 0. The summed E-state index contributed by atoms with van der Waals surface area (Å²) in [5.41, 5.74) is 0. The molecule has 0 amide bonds. The normalized spacial score (nSPS) is 5.40. The van der Waals surface area contributed by atoms with Crippen molar-refractivity contribution in [1.82, 2.24) is 0 Å². The standard InChI is InChI=1S/3C2H6O.Eu/c3*1-2-3;/h3*3H,2H2,1H3;. The van der Waals surface area contributed by atoms with Crippen LogP contribution in [0.25, 0.3) is 0 Å². The van der Waals surface area contributed by atoms with E-state index in [0.717, 1.165) is 0 Å². The van der Waals surface area contributed by atoms with E-state index in [1.807, 2.05) is 0 Å². The van der Waals surface area contributed by atoms with Crippen LogP contribution in [0.5, 0.6) is 0 Å². The molecule has 0 fully saturated rings. The Morgan fingerprint density at radius 1 is 0.700 bits per heavy atom. The Balaban J connectivity index is -0.0000000257. The van der Waals surface area contributed by atoms with E-state index in [1.165, 1.54) is 0 Å². The maximum atomic E-state index is 7.57. The maximum absolute atomic E-state index is 7.57. The molecule has 3 N–H and O–H groups in total. The van der Waals surface area contributed by atoms with Gasteiger partial charge in [0.25, 0.3) is 0 Å². The number of aliphatic hydroxyl groups excluding tert-OH is 3. The van der Waals surface area contributed by atoms with E-state index in [0.29, 0.717) is 0 Å². The molecule has 0 rings (SSSR count). The average Bonchev–Trinajstić information content (AvgIpc) is 1.70. The van der Waals surface area contributed by atoms with Crippen molar-refractivity contribution >= 4 is 0 Å². The van der Waals surface area contributed by atoms with Crippen LogP contribution in [0.3, 0.4) is 0 Å². The molecule has 1 radical (unpaired) electrons. The van der Waals surface area contributed by atoms with Crippen molar-refractivity contribution in [1.29, 1.82) is 0 Å². The predicted octanol–water partition coefficient (Wildman–Crippen LogP) is -0.00420. The molecule has 0 aliphatic carbocycles. The molecule has 0 aromatic rings. The molecule has 0 aromatic carbocycles. The van der Waals surface area contributed by atoms with Gasteiger partial charge in [-0.05, 0) is 20.8 Å². The van der Waals surface area contributed by atoms with Crippen LogP contribution in [0.2, 0.25) is 0 Å². The van der Waals surface area contributed by atoms with Gasteiger partial charge >= 0.3 is 0 Å². The molecule has 0 saturated carbocycles. The summed E-state index contributed by atoms with van der Waals surface area (Å²) in [6, 6.07) is 0. The van der Waals surface area contributed by atoms with Crippen molar-refractivity contribution in [3.05, 3.63) is 0 Å². The summed E-state index contributed by atoms with van der Waals surface area (Å²) in [5, 5.41) is 22.7. The van der Waals surface area contributed by atoms with Crippen LogP contribution in [0.1, 0.15) is 20.8 Å². The van der Waals surface area contributed by atoms with Gasteiger partial charge in [0, 0.05) is 69.2 Å². The summed E-state index contributed by atoms with van der Waals surface area (Å²) in [6.07, 6.45) is 0. The average molecular weight is 290 g/mol. The van der Waals surface area contributed by atoms with E-state index in [9.17, 15) is 0 Å². The van der Waals surface area contributed by atoms with Crippen molar-refractivity contribution in [2.45, 2.75) is 20.8 Å². The van der Waals surface area contributed by atoms with E-state index in [4.69, 9.17) is 15.3 Å². The first-order chi connectivity index (χ1) is 4.24. The first-order valence-corrected chi connectivity index (χ1v) is 3.07. The van der Waals surface area contributed by atoms with E-state index in [2.05, 4.69) is 0 Å². The van der Waals surface area contributed by atoms with Gasteiger partial charge in [0.15, 0.2) is 0 Å². The maximum Gasteiger partial charge on any atom is 0.0402 e. The molecule has 0 aromatic heterocycles. The van der Waals surface area contributed by atoms with Gasteiger partial charge in [-0.1, -0.05) is 0 Å². The molecule has 0 aliphatic heterocycles. The molecule has 0 aliphatic rings. The van der Waals surface area contributed by atoms with Crippen LogP contribution in [-0.4, -0.2) is 35.1 Å². The fraction of sp³-hybridized carbons (Fsp3) is 1.00. The second-order valence-corrected chi connectivity index (χ2v) is 0.949. The first-order valence-electron chi connectivity index (χ1n) is 3.07. The Hall–Kier alpha value is 1.46. The minimum Gasteiger partial charge on any atom is -0.397 e. The zero-order valence-electron chi connectivity index (χ0n) is 6.84. The summed E-state index contributed by atoms with van der Waals surface area (Å²) in [5.74, 6) is 0. The predicted molar refractivity (Wildman–Crippen MR) is 38.3 cm³/mol. The van der Waals surface area contributed by atoms with Crippen LogP contribution in [0.4, 0.5) is 0 Å². The summed E-state index contributed by atoms with van der Waals surface area (Å²) in [6.45, 7) is 5.79. The van der Waals surface area contributed by atoms with Crippen LogP contribution >= 0.6 is 0 Å². The minimum atomic E-state index is 0. The van der Waals surface area contributed by atoms with Gasteiger partial charge in [0.1, 0.15) is 0 Å². The largest absolute Gasteiger partial charge is 0.397 e. The third-order valence-electron chi connectivity index (χ3n) is 0. The third-order valence-corrected chi connectivity index (χ3v) is 0. The van der Waals surface area contributed by atoms with Crippen molar-refractivity contribution < 1.29 is 64.7 Å². The molecule has 10 heavy (non-hydrogen) atoms. The van der Waals surface area contributed by atoms with Crippen molar-refractivity contribution in [3.63, 3.8) is 0 Å². The topological polar surface area (TPSA) is 60.7 Å². The Morgan fingerprint density at radius 3 is 0.700 bits per heavy atom. The van der Waals surface area contributed by atoms with Crippen molar-refractivity contribution in [2.75, 3.05) is 19.8 Å². The van der Waals surface area contributed by atoms with Crippen LogP contribution < -0.4 is 0 Å². The zero-order valence-corrected chi connectivity index (χ0v) is 9.27. The zero-order chi connectivity index (χ0) is 8.12.